The van der Waals surface area contributed by atoms with Crippen LogP contribution in [0.25, 0.3) is 0 Å². The van der Waals surface area contributed by atoms with Crippen LogP contribution in [0.1, 0.15) is 33.9 Å². The van der Waals surface area contributed by atoms with Crippen LogP contribution in [0.2, 0.25) is 0 Å². The number of ether oxygens (including phenoxy) is 2. The third kappa shape index (κ3) is 5.66. The van der Waals surface area contributed by atoms with E-state index in [-0.39, 0.29) is 23.4 Å². The van der Waals surface area contributed by atoms with Crippen LogP contribution in [0, 0.1) is 17.5 Å². The van der Waals surface area contributed by atoms with Gasteiger partial charge < -0.3 is 14.8 Å². The summed E-state index contributed by atoms with van der Waals surface area (Å²) in [4.78, 5) is 24.5. The molecule has 0 fully saturated rings. The molecule has 8 heteroatoms. The summed E-state index contributed by atoms with van der Waals surface area (Å²) in [6.45, 7) is 0.0391. The Kier molecular flexibility index (Phi) is 7.49. The topological polar surface area (TPSA) is 64.6 Å². The second-order valence-electron chi connectivity index (χ2n) is 6.87. The lowest BCUT2D eigenvalue weighted by molar-refractivity contribution is -0.140. The van der Waals surface area contributed by atoms with Crippen molar-refractivity contribution in [1.29, 1.82) is 0 Å². The maximum Gasteiger partial charge on any atom is 0.340 e. The van der Waals surface area contributed by atoms with Gasteiger partial charge in [0.25, 0.3) is 0 Å². The fraction of sp³-hybridized carbons (Fsp3) is 0.167. The van der Waals surface area contributed by atoms with E-state index < -0.39 is 41.9 Å². The quantitative estimate of drug-likeness (QED) is 0.384. The fourth-order valence-electron chi connectivity index (χ4n) is 3.07. The van der Waals surface area contributed by atoms with Gasteiger partial charge in [0.1, 0.15) is 12.4 Å². The van der Waals surface area contributed by atoms with Crippen LogP contribution in [0.15, 0.2) is 66.7 Å². The highest BCUT2D eigenvalue weighted by molar-refractivity contribution is 5.95. The van der Waals surface area contributed by atoms with E-state index in [1.165, 1.54) is 12.1 Å². The van der Waals surface area contributed by atoms with Gasteiger partial charge in [-0.05, 0) is 23.8 Å². The summed E-state index contributed by atoms with van der Waals surface area (Å²) < 4.78 is 51.6. The molecule has 32 heavy (non-hydrogen) atoms. The molecule has 0 aromatic heterocycles. The molecule has 1 N–H and O–H groups in total. The number of rotatable bonds is 8. The fourth-order valence-corrected chi connectivity index (χ4v) is 3.07. The minimum Gasteiger partial charge on any atom is -0.469 e. The Balaban J connectivity index is 1.87. The Morgan fingerprint density at radius 1 is 0.906 bits per heavy atom. The molecular formula is C24H20F3NO4. The van der Waals surface area contributed by atoms with Crippen LogP contribution in [-0.4, -0.2) is 19.0 Å². The Labute approximate surface area is 182 Å². The average Bonchev–Trinajstić information content (AvgIpc) is 2.80. The summed E-state index contributed by atoms with van der Waals surface area (Å²) in [5, 5.41) is 2.86. The van der Waals surface area contributed by atoms with Crippen molar-refractivity contribution in [3.63, 3.8) is 0 Å². The Morgan fingerprint density at radius 2 is 1.56 bits per heavy atom. The first-order chi connectivity index (χ1) is 15.4. The number of methoxy groups -OCH3 is 1. The third-order valence-corrected chi connectivity index (χ3v) is 4.70. The van der Waals surface area contributed by atoms with E-state index in [0.717, 1.165) is 12.7 Å². The molecule has 1 unspecified atom stereocenters. The van der Waals surface area contributed by atoms with Crippen molar-refractivity contribution in [1.82, 2.24) is 0 Å². The van der Waals surface area contributed by atoms with Crippen molar-refractivity contribution >= 4 is 17.6 Å². The lowest BCUT2D eigenvalue weighted by atomic mass is 10.0. The van der Waals surface area contributed by atoms with Gasteiger partial charge in [0.15, 0.2) is 11.6 Å². The van der Waals surface area contributed by atoms with Crippen molar-refractivity contribution in [3.05, 3.63) is 101 Å². The van der Waals surface area contributed by atoms with Gasteiger partial charge >= 0.3 is 11.9 Å². The molecule has 0 aliphatic rings. The molecule has 0 radical (unpaired) electrons. The maximum atomic E-state index is 14.4. The summed E-state index contributed by atoms with van der Waals surface area (Å²) in [5.41, 5.74) is 0.852. The Hall–Kier alpha value is -3.81. The number of hydrogen-bond acceptors (Lipinski definition) is 5. The second-order valence-corrected chi connectivity index (χ2v) is 6.87. The summed E-state index contributed by atoms with van der Waals surface area (Å²) in [5.74, 6) is -5.04. The highest BCUT2D eigenvalue weighted by atomic mass is 19.2. The molecule has 0 heterocycles. The number of hydrogen-bond donors (Lipinski definition) is 1. The second kappa shape index (κ2) is 10.5. The molecule has 0 bridgehead atoms. The zero-order valence-electron chi connectivity index (χ0n) is 17.1. The molecule has 3 aromatic carbocycles. The van der Waals surface area contributed by atoms with Gasteiger partial charge in [-0.2, -0.15) is 0 Å². The molecule has 0 aliphatic carbocycles. The van der Waals surface area contributed by atoms with E-state index in [1.54, 1.807) is 24.3 Å². The molecular weight excluding hydrogens is 423 g/mol. The molecule has 1 atom stereocenters. The number of esters is 2. The first kappa shape index (κ1) is 22.9. The van der Waals surface area contributed by atoms with Gasteiger partial charge in [0.2, 0.25) is 0 Å². The van der Waals surface area contributed by atoms with Crippen LogP contribution in [0.5, 0.6) is 0 Å². The molecule has 0 saturated heterocycles. The SMILES string of the molecule is COC(=O)CC(Nc1ccccc1C(=O)OCc1ccccc1)c1cc(F)c(F)cc1F. The van der Waals surface area contributed by atoms with Crippen LogP contribution >= 0.6 is 0 Å². The van der Waals surface area contributed by atoms with Gasteiger partial charge in [0.05, 0.1) is 25.1 Å². The summed E-state index contributed by atoms with van der Waals surface area (Å²) in [6, 6.07) is 15.2. The summed E-state index contributed by atoms with van der Waals surface area (Å²) in [6.07, 6.45) is -0.397. The molecule has 0 aliphatic heterocycles. The van der Waals surface area contributed by atoms with Crippen LogP contribution in [0.3, 0.4) is 0 Å². The van der Waals surface area contributed by atoms with E-state index in [1.807, 2.05) is 18.2 Å². The number of carbonyl (C=O) groups excluding carboxylic acids is 2. The number of halogens is 3. The summed E-state index contributed by atoms with van der Waals surface area (Å²) in [7, 11) is 1.15. The third-order valence-electron chi connectivity index (χ3n) is 4.70. The minimum absolute atomic E-state index is 0.0391. The van der Waals surface area contributed by atoms with E-state index in [4.69, 9.17) is 4.74 Å². The van der Waals surface area contributed by atoms with E-state index in [2.05, 4.69) is 10.1 Å². The van der Waals surface area contributed by atoms with Crippen molar-refractivity contribution in [3.8, 4) is 0 Å². The van der Waals surface area contributed by atoms with Gasteiger partial charge in [-0.3, -0.25) is 4.79 Å². The number of para-hydroxylation sites is 1. The average molecular weight is 443 g/mol. The zero-order valence-corrected chi connectivity index (χ0v) is 17.1. The van der Waals surface area contributed by atoms with E-state index in [9.17, 15) is 22.8 Å². The van der Waals surface area contributed by atoms with E-state index in [0.29, 0.717) is 12.1 Å². The monoisotopic (exact) mass is 443 g/mol. The lowest BCUT2D eigenvalue weighted by Crippen LogP contribution is -2.20. The molecule has 3 aromatic rings. The lowest BCUT2D eigenvalue weighted by Gasteiger charge is -2.22. The molecule has 0 amide bonds. The Bertz CT molecular complexity index is 1110. The van der Waals surface area contributed by atoms with Crippen molar-refractivity contribution in [2.75, 3.05) is 12.4 Å². The van der Waals surface area contributed by atoms with Crippen LogP contribution < -0.4 is 5.32 Å². The normalized spacial score (nSPS) is 11.5. The molecule has 5 nitrogen and oxygen atoms in total. The zero-order chi connectivity index (χ0) is 23.1. The number of nitrogens with one attached hydrogen (secondary N) is 1. The maximum absolute atomic E-state index is 14.4. The molecule has 166 valence electrons. The van der Waals surface area contributed by atoms with Crippen molar-refractivity contribution in [2.24, 2.45) is 0 Å². The summed E-state index contributed by atoms with van der Waals surface area (Å²) >= 11 is 0. The largest absolute Gasteiger partial charge is 0.469 e. The minimum atomic E-state index is -1.35. The van der Waals surface area contributed by atoms with Gasteiger partial charge in [-0.25, -0.2) is 18.0 Å². The highest BCUT2D eigenvalue weighted by Crippen LogP contribution is 2.29. The first-order valence-corrected chi connectivity index (χ1v) is 9.67. The molecule has 0 spiro atoms. The van der Waals surface area contributed by atoms with Gasteiger partial charge in [-0.1, -0.05) is 42.5 Å². The smallest absolute Gasteiger partial charge is 0.340 e. The Morgan fingerprint density at radius 3 is 2.28 bits per heavy atom. The number of anilines is 1. The highest BCUT2D eigenvalue weighted by Gasteiger charge is 2.24. The number of benzene rings is 3. The standard InChI is InChI=1S/C24H20F3NO4/c1-31-23(29)13-22(17-11-19(26)20(27)12-18(17)25)28-21-10-6-5-9-16(21)24(30)32-14-15-7-3-2-4-8-15/h2-12,22,28H,13-14H2,1H3. The number of carbonyl (C=O) groups is 2. The molecule has 0 saturated carbocycles. The first-order valence-electron chi connectivity index (χ1n) is 9.67. The predicted molar refractivity (Wildman–Crippen MR) is 111 cm³/mol. The molecule has 3 rings (SSSR count). The van der Waals surface area contributed by atoms with E-state index >= 15 is 0 Å². The predicted octanol–water partition coefficient (Wildman–Crippen LogP) is 5.18. The van der Waals surface area contributed by atoms with Crippen molar-refractivity contribution < 1.29 is 32.2 Å². The van der Waals surface area contributed by atoms with Crippen molar-refractivity contribution in [2.45, 2.75) is 19.1 Å². The van der Waals surface area contributed by atoms with Gasteiger partial charge in [0, 0.05) is 17.3 Å². The van der Waals surface area contributed by atoms with Crippen LogP contribution in [-0.2, 0) is 20.9 Å². The van der Waals surface area contributed by atoms with Crippen LogP contribution in [0.4, 0.5) is 18.9 Å². The van der Waals surface area contributed by atoms with Gasteiger partial charge in [-0.15, -0.1) is 0 Å².